The predicted molar refractivity (Wildman–Crippen MR) is 80.9 cm³/mol. The summed E-state index contributed by atoms with van der Waals surface area (Å²) in [7, 11) is 0. The monoisotopic (exact) mass is 281 g/mol. The lowest BCUT2D eigenvalue weighted by Gasteiger charge is -2.26. The predicted octanol–water partition coefficient (Wildman–Crippen LogP) is 4.10. The van der Waals surface area contributed by atoms with Gasteiger partial charge in [0, 0.05) is 25.6 Å². The van der Waals surface area contributed by atoms with Crippen LogP contribution in [0.2, 0.25) is 5.15 Å². The van der Waals surface area contributed by atoms with Gasteiger partial charge in [0.2, 0.25) is 0 Å². The molecule has 2 heterocycles. The quantitative estimate of drug-likeness (QED) is 0.761. The third kappa shape index (κ3) is 3.19. The summed E-state index contributed by atoms with van der Waals surface area (Å²) in [4.78, 5) is 11.3. The molecule has 0 bridgehead atoms. The molecule has 0 amide bonds. The van der Waals surface area contributed by atoms with Gasteiger partial charge in [-0.2, -0.15) is 0 Å². The van der Waals surface area contributed by atoms with Gasteiger partial charge < -0.3 is 4.90 Å². The fourth-order valence-electron chi connectivity index (χ4n) is 2.91. The van der Waals surface area contributed by atoms with Crippen LogP contribution < -0.4 is 4.90 Å². The van der Waals surface area contributed by atoms with Crippen molar-refractivity contribution in [3.05, 3.63) is 17.0 Å². The maximum Gasteiger partial charge on any atom is 0.134 e. The Morgan fingerprint density at radius 2 is 2.00 bits per heavy atom. The fourth-order valence-corrected chi connectivity index (χ4v) is 3.10. The Labute approximate surface area is 121 Å². The molecule has 2 rings (SSSR count). The van der Waals surface area contributed by atoms with Gasteiger partial charge in [-0.15, -0.1) is 0 Å². The van der Waals surface area contributed by atoms with Crippen LogP contribution in [0.25, 0.3) is 0 Å². The van der Waals surface area contributed by atoms with Gasteiger partial charge in [0.25, 0.3) is 0 Å². The zero-order chi connectivity index (χ0) is 13.9. The van der Waals surface area contributed by atoms with Crippen molar-refractivity contribution in [2.75, 3.05) is 18.0 Å². The van der Waals surface area contributed by atoms with E-state index < -0.39 is 0 Å². The van der Waals surface area contributed by atoms with E-state index in [9.17, 15) is 0 Å². The molecule has 1 aromatic rings. The second kappa shape index (κ2) is 6.08. The summed E-state index contributed by atoms with van der Waals surface area (Å²) >= 11 is 6.13. The van der Waals surface area contributed by atoms with Gasteiger partial charge in [-0.1, -0.05) is 32.4 Å². The number of hydrogen-bond acceptors (Lipinski definition) is 3. The topological polar surface area (TPSA) is 29.0 Å². The molecule has 0 aromatic carbocycles. The first-order valence-corrected chi connectivity index (χ1v) is 7.78. The van der Waals surface area contributed by atoms with E-state index >= 15 is 0 Å². The zero-order valence-electron chi connectivity index (χ0n) is 12.2. The van der Waals surface area contributed by atoms with E-state index in [1.165, 1.54) is 19.3 Å². The maximum atomic E-state index is 6.13. The van der Waals surface area contributed by atoms with Crippen molar-refractivity contribution in [1.29, 1.82) is 0 Å². The number of aryl methyl sites for hydroxylation is 1. The Hall–Kier alpha value is -0.830. The van der Waals surface area contributed by atoms with E-state index in [4.69, 9.17) is 11.6 Å². The molecule has 4 heteroatoms. The van der Waals surface area contributed by atoms with E-state index in [0.29, 0.717) is 10.6 Å². The first-order chi connectivity index (χ1) is 9.12. The number of nitrogens with zero attached hydrogens (tertiary/aromatic N) is 3. The number of rotatable bonds is 5. The molecular formula is C15H24ClN3. The number of aromatic nitrogens is 2. The highest BCUT2D eigenvalue weighted by atomic mass is 35.5. The van der Waals surface area contributed by atoms with Crippen molar-refractivity contribution in [2.24, 2.45) is 5.41 Å². The average Bonchev–Trinajstić information content (AvgIpc) is 2.84. The molecule has 0 saturated carbocycles. The summed E-state index contributed by atoms with van der Waals surface area (Å²) in [5.74, 6) is 1.88. The van der Waals surface area contributed by atoms with Gasteiger partial charge in [0.05, 0.1) is 0 Å². The molecule has 0 radical (unpaired) electrons. The summed E-state index contributed by atoms with van der Waals surface area (Å²) in [6, 6.07) is 1.90. The second-order valence-electron chi connectivity index (χ2n) is 5.59. The normalized spacial score (nSPS) is 18.0. The van der Waals surface area contributed by atoms with Crippen LogP contribution in [0.1, 0.15) is 52.3 Å². The Balaban J connectivity index is 2.19. The molecule has 0 spiro atoms. The fraction of sp³-hybridized carbons (Fsp3) is 0.733. The standard InChI is InChI=1S/C15H24ClN3/c1-4-7-13-17-12(16)10-14(18-13)19-9-8-15(5-2,6-3)11-19/h10H,4-9,11H2,1-3H3. The average molecular weight is 282 g/mol. The molecule has 0 N–H and O–H groups in total. The van der Waals surface area contributed by atoms with Crippen LogP contribution in [0.4, 0.5) is 5.82 Å². The van der Waals surface area contributed by atoms with E-state index in [2.05, 4.69) is 35.6 Å². The molecule has 3 nitrogen and oxygen atoms in total. The van der Waals surface area contributed by atoms with E-state index in [1.54, 1.807) is 0 Å². The van der Waals surface area contributed by atoms with Crippen LogP contribution in [-0.4, -0.2) is 23.1 Å². The highest BCUT2D eigenvalue weighted by Gasteiger charge is 2.35. The minimum atomic E-state index is 0.461. The highest BCUT2D eigenvalue weighted by molar-refractivity contribution is 6.29. The molecule has 1 saturated heterocycles. The Bertz CT molecular complexity index is 429. The van der Waals surface area contributed by atoms with Gasteiger partial charge in [0.15, 0.2) is 0 Å². The Morgan fingerprint density at radius 1 is 1.26 bits per heavy atom. The number of hydrogen-bond donors (Lipinski definition) is 0. The molecule has 0 aliphatic carbocycles. The second-order valence-corrected chi connectivity index (χ2v) is 5.98. The first kappa shape index (κ1) is 14.6. The summed E-state index contributed by atoms with van der Waals surface area (Å²) in [5.41, 5.74) is 0.461. The van der Waals surface area contributed by atoms with Crippen LogP contribution in [0.15, 0.2) is 6.07 Å². The van der Waals surface area contributed by atoms with Crippen LogP contribution in [-0.2, 0) is 6.42 Å². The molecule has 0 atom stereocenters. The maximum absolute atomic E-state index is 6.13. The lowest BCUT2D eigenvalue weighted by molar-refractivity contribution is 0.301. The lowest BCUT2D eigenvalue weighted by Crippen LogP contribution is -2.27. The van der Waals surface area contributed by atoms with Crippen molar-refractivity contribution < 1.29 is 0 Å². The van der Waals surface area contributed by atoms with Gasteiger partial charge in [-0.05, 0) is 31.1 Å². The minimum Gasteiger partial charge on any atom is -0.356 e. The smallest absolute Gasteiger partial charge is 0.134 e. The molecule has 19 heavy (non-hydrogen) atoms. The third-order valence-corrected chi connectivity index (χ3v) is 4.66. The first-order valence-electron chi connectivity index (χ1n) is 7.41. The molecule has 0 unspecified atom stereocenters. The minimum absolute atomic E-state index is 0.461. The van der Waals surface area contributed by atoms with E-state index in [0.717, 1.165) is 37.6 Å². The van der Waals surface area contributed by atoms with Crippen LogP contribution in [0.3, 0.4) is 0 Å². The lowest BCUT2D eigenvalue weighted by atomic mass is 9.82. The van der Waals surface area contributed by atoms with Gasteiger partial charge in [0.1, 0.15) is 16.8 Å². The van der Waals surface area contributed by atoms with E-state index in [-0.39, 0.29) is 0 Å². The van der Waals surface area contributed by atoms with Crippen molar-refractivity contribution in [3.63, 3.8) is 0 Å². The number of halogens is 1. The summed E-state index contributed by atoms with van der Waals surface area (Å²) in [6.07, 6.45) is 5.67. The summed E-state index contributed by atoms with van der Waals surface area (Å²) in [5, 5.41) is 0.568. The van der Waals surface area contributed by atoms with Crippen molar-refractivity contribution >= 4 is 17.4 Å². The van der Waals surface area contributed by atoms with Crippen molar-refractivity contribution in [2.45, 2.75) is 52.9 Å². The molecule has 1 aliphatic rings. The zero-order valence-corrected chi connectivity index (χ0v) is 13.0. The molecular weight excluding hydrogens is 258 g/mol. The van der Waals surface area contributed by atoms with Crippen LogP contribution in [0.5, 0.6) is 0 Å². The Morgan fingerprint density at radius 3 is 2.58 bits per heavy atom. The number of anilines is 1. The highest BCUT2D eigenvalue weighted by Crippen LogP contribution is 2.38. The van der Waals surface area contributed by atoms with Crippen molar-refractivity contribution in [1.82, 2.24) is 9.97 Å². The van der Waals surface area contributed by atoms with Gasteiger partial charge >= 0.3 is 0 Å². The van der Waals surface area contributed by atoms with Gasteiger partial charge in [-0.25, -0.2) is 9.97 Å². The molecule has 1 aliphatic heterocycles. The van der Waals surface area contributed by atoms with Gasteiger partial charge in [-0.3, -0.25) is 0 Å². The Kier molecular flexibility index (Phi) is 4.67. The summed E-state index contributed by atoms with van der Waals surface area (Å²) < 4.78 is 0. The third-order valence-electron chi connectivity index (χ3n) is 4.46. The summed E-state index contributed by atoms with van der Waals surface area (Å²) in [6.45, 7) is 8.91. The molecule has 1 fully saturated rings. The molecule has 1 aromatic heterocycles. The SMILES string of the molecule is CCCc1nc(Cl)cc(N2CCC(CC)(CC)C2)n1. The van der Waals surface area contributed by atoms with Crippen LogP contribution >= 0.6 is 11.6 Å². The van der Waals surface area contributed by atoms with Crippen molar-refractivity contribution in [3.8, 4) is 0 Å². The molecule has 106 valence electrons. The van der Waals surface area contributed by atoms with E-state index in [1.807, 2.05) is 6.07 Å². The van der Waals surface area contributed by atoms with Crippen LogP contribution in [0, 0.1) is 5.41 Å². The largest absolute Gasteiger partial charge is 0.356 e.